The summed E-state index contributed by atoms with van der Waals surface area (Å²) in [6.45, 7) is 5.21. The molecule has 0 saturated carbocycles. The number of hydrogen-bond donors (Lipinski definition) is 0. The Morgan fingerprint density at radius 2 is 2.00 bits per heavy atom. The highest BCUT2D eigenvalue weighted by molar-refractivity contribution is 7.98. The third-order valence-corrected chi connectivity index (χ3v) is 3.57. The molecule has 1 heterocycles. The van der Waals surface area contributed by atoms with Crippen LogP contribution in [0.2, 0.25) is 0 Å². The maximum Gasteiger partial charge on any atom is 0.450 e. The van der Waals surface area contributed by atoms with E-state index in [2.05, 4.69) is 24.0 Å². The lowest BCUT2D eigenvalue weighted by molar-refractivity contribution is -0.172. The van der Waals surface area contributed by atoms with Gasteiger partial charge in [-0.1, -0.05) is 19.0 Å². The zero-order chi connectivity index (χ0) is 14.6. The van der Waals surface area contributed by atoms with Crippen molar-refractivity contribution in [3.63, 3.8) is 0 Å². The average Bonchev–Trinajstić information content (AvgIpc) is 2.74. The highest BCUT2D eigenvalue weighted by Crippen LogP contribution is 2.26. The second-order valence-corrected chi connectivity index (χ2v) is 5.57. The van der Waals surface area contributed by atoms with E-state index < -0.39 is 17.9 Å². The molecule has 0 N–H and O–H groups in total. The lowest BCUT2D eigenvalue weighted by Gasteiger charge is -2.08. The predicted octanol–water partition coefficient (Wildman–Crippen LogP) is 3.19. The van der Waals surface area contributed by atoms with Crippen molar-refractivity contribution in [3.05, 3.63) is 11.7 Å². The Morgan fingerprint density at radius 1 is 1.37 bits per heavy atom. The Kier molecular flexibility index (Phi) is 5.39. The summed E-state index contributed by atoms with van der Waals surface area (Å²) in [5.74, 6) is -1.48. The number of alkyl halides is 3. The van der Waals surface area contributed by atoms with E-state index in [1.165, 1.54) is 0 Å². The summed E-state index contributed by atoms with van der Waals surface area (Å²) < 4.78 is 41.4. The Morgan fingerprint density at radius 3 is 2.53 bits per heavy atom. The smallest absolute Gasteiger partial charge is 0.339 e. The van der Waals surface area contributed by atoms with E-state index in [-0.39, 0.29) is 5.89 Å². The first kappa shape index (κ1) is 16.0. The zero-order valence-electron chi connectivity index (χ0n) is 10.8. The molecular formula is C11H15F3N2O2S. The summed E-state index contributed by atoms with van der Waals surface area (Å²) in [6.07, 6.45) is -4.89. The Hall–Kier alpha value is -1.05. The molecule has 1 aromatic heterocycles. The van der Waals surface area contributed by atoms with Crippen LogP contribution in [0.4, 0.5) is 13.2 Å². The minimum atomic E-state index is -4.89. The summed E-state index contributed by atoms with van der Waals surface area (Å²) in [5.41, 5.74) is 0. The topological polar surface area (TPSA) is 56.0 Å². The van der Waals surface area contributed by atoms with Gasteiger partial charge >= 0.3 is 6.18 Å². The summed E-state index contributed by atoms with van der Waals surface area (Å²) in [7, 11) is 0. The summed E-state index contributed by atoms with van der Waals surface area (Å²) in [6, 6.07) is 0. The molecule has 1 unspecified atom stereocenters. The van der Waals surface area contributed by atoms with Gasteiger partial charge < -0.3 is 4.52 Å². The molecule has 1 rings (SSSR count). The van der Waals surface area contributed by atoms with Crippen molar-refractivity contribution in [1.29, 1.82) is 0 Å². The van der Waals surface area contributed by atoms with Crippen LogP contribution in [-0.2, 0) is 10.5 Å². The summed E-state index contributed by atoms with van der Waals surface area (Å²) >= 11 is 1.56. The van der Waals surface area contributed by atoms with E-state index in [1.807, 2.05) is 0 Å². The van der Waals surface area contributed by atoms with Crippen LogP contribution in [0.1, 0.15) is 38.4 Å². The van der Waals surface area contributed by atoms with Crippen LogP contribution in [0, 0.1) is 5.92 Å². The van der Waals surface area contributed by atoms with Crippen LogP contribution in [0.25, 0.3) is 0 Å². The molecule has 0 radical (unpaired) electrons. The normalized spacial score (nSPS) is 13.8. The number of nitrogens with zero attached hydrogens (tertiary/aromatic N) is 2. The molecule has 0 aromatic carbocycles. The fraction of sp³-hybridized carbons (Fsp3) is 0.727. The van der Waals surface area contributed by atoms with Crippen molar-refractivity contribution in [1.82, 2.24) is 10.1 Å². The van der Waals surface area contributed by atoms with Gasteiger partial charge in [-0.2, -0.15) is 29.9 Å². The summed E-state index contributed by atoms with van der Waals surface area (Å²) in [5, 5.41) is 3.57. The molecule has 4 nitrogen and oxygen atoms in total. The van der Waals surface area contributed by atoms with Gasteiger partial charge in [-0.15, -0.1) is 0 Å². The van der Waals surface area contributed by atoms with Crippen molar-refractivity contribution >= 4 is 17.5 Å². The summed E-state index contributed by atoms with van der Waals surface area (Å²) in [4.78, 5) is 14.8. The van der Waals surface area contributed by atoms with Crippen molar-refractivity contribution in [2.45, 2.75) is 38.6 Å². The molecule has 0 aliphatic rings. The van der Waals surface area contributed by atoms with Gasteiger partial charge in [0.25, 0.3) is 0 Å². The number of carbonyl (C=O) groups excluding carboxylic acids is 1. The SMILES string of the molecule is CC(C)CSCc1noc(C(C)C(=O)C(F)(F)F)n1. The first-order chi connectivity index (χ1) is 8.71. The van der Waals surface area contributed by atoms with Gasteiger partial charge in [0, 0.05) is 0 Å². The lowest BCUT2D eigenvalue weighted by atomic mass is 10.1. The van der Waals surface area contributed by atoms with Crippen LogP contribution in [0.15, 0.2) is 4.52 Å². The van der Waals surface area contributed by atoms with E-state index in [4.69, 9.17) is 4.52 Å². The Labute approximate surface area is 113 Å². The van der Waals surface area contributed by atoms with Gasteiger partial charge in [-0.05, 0) is 18.6 Å². The molecule has 19 heavy (non-hydrogen) atoms. The highest BCUT2D eigenvalue weighted by atomic mass is 32.2. The fourth-order valence-electron chi connectivity index (χ4n) is 1.25. The van der Waals surface area contributed by atoms with E-state index in [9.17, 15) is 18.0 Å². The number of halogens is 3. The largest absolute Gasteiger partial charge is 0.450 e. The van der Waals surface area contributed by atoms with Crippen molar-refractivity contribution < 1.29 is 22.5 Å². The predicted molar refractivity (Wildman–Crippen MR) is 64.8 cm³/mol. The van der Waals surface area contributed by atoms with Crippen molar-refractivity contribution in [2.24, 2.45) is 5.92 Å². The standard InChI is InChI=1S/C11H15F3N2O2S/c1-6(2)4-19-5-8-15-10(18-16-8)7(3)9(17)11(12,13)14/h6-7H,4-5H2,1-3H3. The highest BCUT2D eigenvalue weighted by Gasteiger charge is 2.43. The molecule has 8 heteroatoms. The van der Waals surface area contributed by atoms with E-state index >= 15 is 0 Å². The molecule has 0 aliphatic carbocycles. The number of thioether (sulfide) groups is 1. The van der Waals surface area contributed by atoms with Gasteiger partial charge in [0.05, 0.1) is 5.75 Å². The third kappa shape index (κ3) is 4.85. The number of aromatic nitrogens is 2. The zero-order valence-corrected chi connectivity index (χ0v) is 11.6. The second kappa shape index (κ2) is 6.40. The maximum absolute atomic E-state index is 12.2. The first-order valence-corrected chi connectivity index (χ1v) is 6.88. The van der Waals surface area contributed by atoms with Crippen LogP contribution < -0.4 is 0 Å². The van der Waals surface area contributed by atoms with Gasteiger partial charge in [-0.25, -0.2) is 0 Å². The number of Topliss-reactive ketones (excluding diaryl/α,β-unsaturated/α-hetero) is 1. The quantitative estimate of drug-likeness (QED) is 0.807. The number of carbonyl (C=O) groups is 1. The minimum Gasteiger partial charge on any atom is -0.339 e. The lowest BCUT2D eigenvalue weighted by Crippen LogP contribution is -2.27. The van der Waals surface area contributed by atoms with Gasteiger partial charge in [0.15, 0.2) is 5.82 Å². The minimum absolute atomic E-state index is 0.289. The fourth-order valence-corrected chi connectivity index (χ4v) is 2.13. The average molecular weight is 296 g/mol. The van der Waals surface area contributed by atoms with Gasteiger partial charge in [0.1, 0.15) is 5.92 Å². The van der Waals surface area contributed by atoms with Crippen LogP contribution >= 0.6 is 11.8 Å². The molecule has 0 amide bonds. The Bertz CT molecular complexity index is 432. The number of rotatable bonds is 6. The van der Waals surface area contributed by atoms with Gasteiger partial charge in [-0.3, -0.25) is 4.79 Å². The molecule has 0 aliphatic heterocycles. The number of hydrogen-bond acceptors (Lipinski definition) is 5. The Balaban J connectivity index is 2.61. The van der Waals surface area contributed by atoms with Crippen molar-refractivity contribution in [2.75, 3.05) is 5.75 Å². The molecule has 1 atom stereocenters. The maximum atomic E-state index is 12.2. The number of ketones is 1. The second-order valence-electron chi connectivity index (χ2n) is 4.54. The molecular weight excluding hydrogens is 281 g/mol. The van der Waals surface area contributed by atoms with E-state index in [0.717, 1.165) is 12.7 Å². The molecule has 0 spiro atoms. The molecule has 108 valence electrons. The first-order valence-electron chi connectivity index (χ1n) is 5.73. The van der Waals surface area contributed by atoms with E-state index in [0.29, 0.717) is 17.5 Å². The van der Waals surface area contributed by atoms with Crippen LogP contribution in [0.3, 0.4) is 0 Å². The molecule has 0 saturated heterocycles. The van der Waals surface area contributed by atoms with Crippen LogP contribution in [-0.4, -0.2) is 27.9 Å². The molecule has 0 bridgehead atoms. The monoisotopic (exact) mass is 296 g/mol. The molecule has 0 fully saturated rings. The van der Waals surface area contributed by atoms with Crippen molar-refractivity contribution in [3.8, 4) is 0 Å². The third-order valence-electron chi connectivity index (χ3n) is 2.21. The molecule has 1 aromatic rings. The van der Waals surface area contributed by atoms with Gasteiger partial charge in [0.2, 0.25) is 11.7 Å². The van der Waals surface area contributed by atoms with E-state index in [1.54, 1.807) is 11.8 Å². The van der Waals surface area contributed by atoms with Crippen LogP contribution in [0.5, 0.6) is 0 Å².